The van der Waals surface area contributed by atoms with Crippen molar-refractivity contribution < 1.29 is 19.5 Å². The van der Waals surface area contributed by atoms with Crippen molar-refractivity contribution in [3.8, 4) is 0 Å². The minimum absolute atomic E-state index is 0.0206. The molecule has 0 aliphatic rings. The van der Waals surface area contributed by atoms with Crippen molar-refractivity contribution in [1.82, 2.24) is 16.0 Å². The van der Waals surface area contributed by atoms with Gasteiger partial charge in [0.25, 0.3) is 0 Å². The highest BCUT2D eigenvalue weighted by Gasteiger charge is 2.36. The Morgan fingerprint density at radius 2 is 1.53 bits per heavy atom. The zero-order valence-corrected chi connectivity index (χ0v) is 20.5. The molecule has 0 saturated heterocycles. The molecule has 0 heterocycles. The van der Waals surface area contributed by atoms with Gasteiger partial charge in [-0.25, -0.2) is 4.79 Å². The van der Waals surface area contributed by atoms with Crippen LogP contribution in [0.3, 0.4) is 0 Å². The number of carbonyl (C=O) groups excluding carboxylic acids is 2. The van der Waals surface area contributed by atoms with Gasteiger partial charge in [0.05, 0.1) is 12.1 Å². The molecule has 1 aromatic carbocycles. The quantitative estimate of drug-likeness (QED) is 0.414. The van der Waals surface area contributed by atoms with Gasteiger partial charge in [-0.1, -0.05) is 78.0 Å². The van der Waals surface area contributed by atoms with Crippen LogP contribution in [-0.4, -0.2) is 48.1 Å². The van der Waals surface area contributed by atoms with Crippen LogP contribution in [0.25, 0.3) is 0 Å². The zero-order valence-electron chi connectivity index (χ0n) is 20.5. The van der Waals surface area contributed by atoms with Crippen LogP contribution in [-0.2, 0) is 14.4 Å². The summed E-state index contributed by atoms with van der Waals surface area (Å²) in [4.78, 5) is 37.6. The second-order valence-electron chi connectivity index (χ2n) is 9.71. The second-order valence-corrected chi connectivity index (χ2v) is 9.71. The number of carboxylic acid groups (broad SMARTS) is 1. The predicted octanol–water partition coefficient (Wildman–Crippen LogP) is 3.08. The number of carboxylic acids is 1. The van der Waals surface area contributed by atoms with Gasteiger partial charge < -0.3 is 21.1 Å². The van der Waals surface area contributed by atoms with Gasteiger partial charge in [-0.3, -0.25) is 9.59 Å². The molecule has 178 valence electrons. The molecule has 32 heavy (non-hydrogen) atoms. The Kier molecular flexibility index (Phi) is 10.1. The highest BCUT2D eigenvalue weighted by atomic mass is 16.4. The van der Waals surface area contributed by atoms with Gasteiger partial charge in [0.15, 0.2) is 0 Å². The number of hydrogen-bond acceptors (Lipinski definition) is 4. The average molecular weight is 446 g/mol. The molecule has 0 saturated carbocycles. The summed E-state index contributed by atoms with van der Waals surface area (Å²) in [6.07, 6.45) is 1.54. The van der Waals surface area contributed by atoms with E-state index in [1.807, 2.05) is 71.9 Å². The lowest BCUT2D eigenvalue weighted by Crippen LogP contribution is -2.59. The van der Waals surface area contributed by atoms with Crippen LogP contribution >= 0.6 is 0 Å². The Morgan fingerprint density at radius 3 is 1.97 bits per heavy atom. The molecule has 0 spiro atoms. The van der Waals surface area contributed by atoms with Crippen LogP contribution in [0.15, 0.2) is 42.0 Å². The number of hydrogen-bond donors (Lipinski definition) is 4. The van der Waals surface area contributed by atoms with Gasteiger partial charge in [0, 0.05) is 11.5 Å². The number of nitrogens with one attached hydrogen (secondary N) is 3. The lowest BCUT2D eigenvalue weighted by molar-refractivity contribution is -0.133. The highest BCUT2D eigenvalue weighted by molar-refractivity contribution is 5.91. The molecule has 4 N–H and O–H groups in total. The lowest BCUT2D eigenvalue weighted by Gasteiger charge is -2.34. The number of aliphatic carboxylic acids is 1. The van der Waals surface area contributed by atoms with E-state index in [9.17, 15) is 19.5 Å². The van der Waals surface area contributed by atoms with Gasteiger partial charge in [0.1, 0.15) is 6.04 Å². The van der Waals surface area contributed by atoms with Crippen LogP contribution in [0, 0.1) is 11.3 Å². The Hall–Kier alpha value is -2.67. The van der Waals surface area contributed by atoms with E-state index in [1.165, 1.54) is 6.92 Å². The van der Waals surface area contributed by atoms with Crippen LogP contribution < -0.4 is 16.0 Å². The van der Waals surface area contributed by atoms with Gasteiger partial charge in [0.2, 0.25) is 11.8 Å². The summed E-state index contributed by atoms with van der Waals surface area (Å²) in [7, 11) is 1.73. The summed E-state index contributed by atoms with van der Waals surface area (Å²) in [5.41, 5.74) is 0.626. The first-order valence-electron chi connectivity index (χ1n) is 11.0. The van der Waals surface area contributed by atoms with E-state index in [-0.39, 0.29) is 29.2 Å². The minimum atomic E-state index is -1.03. The molecule has 1 rings (SSSR count). The largest absolute Gasteiger partial charge is 0.478 e. The third-order valence-electron chi connectivity index (χ3n) is 5.63. The van der Waals surface area contributed by atoms with Crippen molar-refractivity contribution in [2.24, 2.45) is 11.3 Å². The van der Waals surface area contributed by atoms with E-state index in [2.05, 4.69) is 16.0 Å². The fourth-order valence-electron chi connectivity index (χ4n) is 3.45. The summed E-state index contributed by atoms with van der Waals surface area (Å²) < 4.78 is 0. The molecule has 4 unspecified atom stereocenters. The molecule has 7 heteroatoms. The smallest absolute Gasteiger partial charge is 0.331 e. The maximum atomic E-state index is 13.2. The number of likely N-dealkylation sites (N-methyl/N-ethyl adjacent to an activating group) is 1. The summed E-state index contributed by atoms with van der Waals surface area (Å²) in [6, 6.07) is 7.95. The Balaban J connectivity index is 3.09. The summed E-state index contributed by atoms with van der Waals surface area (Å²) in [5, 5.41) is 18.1. The standard InChI is InChI=1S/C25H39N3O4/c1-15(2)19(14-16(3)24(31)32)27-23(30)21(25(5,6)7)28-22(29)20(26-8)17(4)18-12-10-9-11-13-18/h9-15,17,19-21,26H,1-8H3,(H,27,30)(H,28,29)(H,31,32). The van der Waals surface area contributed by atoms with Gasteiger partial charge in [-0.15, -0.1) is 0 Å². The van der Waals surface area contributed by atoms with E-state index in [0.29, 0.717) is 0 Å². The second kappa shape index (κ2) is 11.8. The van der Waals surface area contributed by atoms with Crippen LogP contribution in [0.4, 0.5) is 0 Å². The van der Waals surface area contributed by atoms with E-state index in [1.54, 1.807) is 13.1 Å². The van der Waals surface area contributed by atoms with Crippen molar-refractivity contribution in [3.05, 3.63) is 47.5 Å². The topological polar surface area (TPSA) is 108 Å². The van der Waals surface area contributed by atoms with Crippen molar-refractivity contribution in [3.63, 3.8) is 0 Å². The average Bonchev–Trinajstić information content (AvgIpc) is 2.71. The number of carbonyl (C=O) groups is 3. The first-order valence-corrected chi connectivity index (χ1v) is 11.0. The van der Waals surface area contributed by atoms with E-state index in [0.717, 1.165) is 5.56 Å². The van der Waals surface area contributed by atoms with E-state index in [4.69, 9.17) is 0 Å². The lowest BCUT2D eigenvalue weighted by atomic mass is 9.84. The fourth-order valence-corrected chi connectivity index (χ4v) is 3.45. The molecular weight excluding hydrogens is 406 g/mol. The summed E-state index contributed by atoms with van der Waals surface area (Å²) in [6.45, 7) is 12.9. The number of amides is 2. The number of rotatable bonds is 10. The minimum Gasteiger partial charge on any atom is -0.478 e. The maximum absolute atomic E-state index is 13.2. The van der Waals surface area contributed by atoms with Gasteiger partial charge >= 0.3 is 5.97 Å². The SMILES string of the molecule is CNC(C(=O)NC(C(=O)NC(C=C(C)C(=O)O)C(C)C)C(C)(C)C)C(C)c1ccccc1. The molecule has 0 fully saturated rings. The van der Waals surface area contributed by atoms with Gasteiger partial charge in [-0.05, 0) is 30.9 Å². The molecule has 1 aromatic rings. The zero-order chi connectivity index (χ0) is 24.6. The first kappa shape index (κ1) is 27.4. The Bertz CT molecular complexity index is 812. The third-order valence-corrected chi connectivity index (χ3v) is 5.63. The molecular formula is C25H39N3O4. The molecule has 0 aliphatic carbocycles. The summed E-state index contributed by atoms with van der Waals surface area (Å²) >= 11 is 0. The Labute approximate surface area is 192 Å². The van der Waals surface area contributed by atoms with Crippen LogP contribution in [0.2, 0.25) is 0 Å². The number of benzene rings is 1. The predicted molar refractivity (Wildman–Crippen MR) is 127 cm³/mol. The van der Waals surface area contributed by atoms with Crippen molar-refractivity contribution in [2.75, 3.05) is 7.05 Å². The molecule has 0 aromatic heterocycles. The molecule has 0 bridgehead atoms. The fraction of sp³-hybridized carbons (Fsp3) is 0.560. The van der Waals surface area contributed by atoms with E-state index >= 15 is 0 Å². The molecule has 7 nitrogen and oxygen atoms in total. The highest BCUT2D eigenvalue weighted by Crippen LogP contribution is 2.23. The third kappa shape index (κ3) is 7.79. The Morgan fingerprint density at radius 1 is 0.969 bits per heavy atom. The monoisotopic (exact) mass is 445 g/mol. The molecule has 0 aliphatic heterocycles. The normalized spacial score (nSPS) is 16.1. The molecule has 0 radical (unpaired) electrons. The molecule has 4 atom stereocenters. The molecule has 2 amide bonds. The summed E-state index contributed by atoms with van der Waals surface area (Å²) in [5.74, 6) is -1.77. The van der Waals surface area contributed by atoms with Gasteiger partial charge in [-0.2, -0.15) is 0 Å². The van der Waals surface area contributed by atoms with Crippen LogP contribution in [0.1, 0.15) is 59.9 Å². The van der Waals surface area contributed by atoms with Crippen molar-refractivity contribution in [1.29, 1.82) is 0 Å². The van der Waals surface area contributed by atoms with E-state index < -0.39 is 29.5 Å². The van der Waals surface area contributed by atoms with Crippen molar-refractivity contribution >= 4 is 17.8 Å². The first-order chi connectivity index (χ1) is 14.8. The maximum Gasteiger partial charge on any atom is 0.331 e. The van der Waals surface area contributed by atoms with Crippen LogP contribution in [0.5, 0.6) is 0 Å². The van der Waals surface area contributed by atoms with Crippen molar-refractivity contribution in [2.45, 2.75) is 72.5 Å².